The number of hydrazine groups is 1. The Morgan fingerprint density at radius 2 is 2.06 bits per heavy atom. The molecule has 0 saturated heterocycles. The van der Waals surface area contributed by atoms with Crippen molar-refractivity contribution in [2.75, 3.05) is 0 Å². The lowest BCUT2D eigenvalue weighted by Gasteiger charge is -2.27. The van der Waals surface area contributed by atoms with E-state index in [-0.39, 0.29) is 11.9 Å². The molecule has 1 saturated carbocycles. The van der Waals surface area contributed by atoms with Gasteiger partial charge in [-0.1, -0.05) is 38.2 Å². The minimum Gasteiger partial charge on any atom is -0.271 e. The van der Waals surface area contributed by atoms with E-state index < -0.39 is 0 Å². The molecule has 0 radical (unpaired) electrons. The zero-order chi connectivity index (χ0) is 13.0. The molecular formula is C15H23FN2. The van der Waals surface area contributed by atoms with E-state index >= 15 is 0 Å². The van der Waals surface area contributed by atoms with E-state index in [1.165, 1.54) is 38.2 Å². The van der Waals surface area contributed by atoms with Gasteiger partial charge in [-0.15, -0.1) is 0 Å². The second-order valence-corrected chi connectivity index (χ2v) is 5.46. The van der Waals surface area contributed by atoms with Crippen molar-refractivity contribution in [3.05, 3.63) is 35.1 Å². The van der Waals surface area contributed by atoms with Crippen molar-refractivity contribution >= 4 is 0 Å². The summed E-state index contributed by atoms with van der Waals surface area (Å²) >= 11 is 0. The molecule has 1 unspecified atom stereocenters. The zero-order valence-electron chi connectivity index (χ0n) is 11.1. The molecule has 1 aliphatic rings. The molecule has 1 aliphatic carbocycles. The number of hydrogen-bond donors (Lipinski definition) is 2. The fourth-order valence-corrected chi connectivity index (χ4v) is 3.03. The van der Waals surface area contributed by atoms with Gasteiger partial charge in [-0.25, -0.2) is 4.39 Å². The average Bonchev–Trinajstić information content (AvgIpc) is 2.40. The maximum absolute atomic E-state index is 13.4. The van der Waals surface area contributed by atoms with Crippen LogP contribution < -0.4 is 11.3 Å². The number of nitrogens with two attached hydrogens (primary N) is 1. The first-order chi connectivity index (χ1) is 8.70. The SMILES string of the molecule is Cc1ccc(F)cc1C(CC1CCCCC1)NN. The first-order valence-electron chi connectivity index (χ1n) is 6.93. The van der Waals surface area contributed by atoms with Gasteiger partial charge in [0.1, 0.15) is 5.82 Å². The van der Waals surface area contributed by atoms with Crippen molar-refractivity contribution in [3.63, 3.8) is 0 Å². The van der Waals surface area contributed by atoms with Gasteiger partial charge in [0.25, 0.3) is 0 Å². The molecule has 0 amide bonds. The topological polar surface area (TPSA) is 38.0 Å². The molecule has 0 spiro atoms. The van der Waals surface area contributed by atoms with E-state index in [0.29, 0.717) is 0 Å². The standard InChI is InChI=1S/C15H23FN2/c1-11-7-8-13(16)10-14(11)15(18-17)9-12-5-3-2-4-6-12/h7-8,10,12,15,18H,2-6,9,17H2,1H3. The Hall–Kier alpha value is -0.930. The fraction of sp³-hybridized carbons (Fsp3) is 0.600. The van der Waals surface area contributed by atoms with Crippen molar-refractivity contribution in [2.24, 2.45) is 11.8 Å². The van der Waals surface area contributed by atoms with Crippen LogP contribution in [0.5, 0.6) is 0 Å². The Morgan fingerprint density at radius 3 is 2.72 bits per heavy atom. The number of hydrogen-bond acceptors (Lipinski definition) is 2. The van der Waals surface area contributed by atoms with Gasteiger partial charge < -0.3 is 0 Å². The van der Waals surface area contributed by atoms with Crippen LogP contribution in [0, 0.1) is 18.7 Å². The van der Waals surface area contributed by atoms with Crippen LogP contribution in [0.4, 0.5) is 4.39 Å². The van der Waals surface area contributed by atoms with Crippen LogP contribution in [0.25, 0.3) is 0 Å². The fourth-order valence-electron chi connectivity index (χ4n) is 3.03. The number of halogens is 1. The summed E-state index contributed by atoms with van der Waals surface area (Å²) in [6.45, 7) is 2.01. The highest BCUT2D eigenvalue weighted by atomic mass is 19.1. The van der Waals surface area contributed by atoms with Gasteiger partial charge in [-0.2, -0.15) is 0 Å². The Kier molecular flexibility index (Phi) is 4.72. The molecule has 1 aromatic rings. The summed E-state index contributed by atoms with van der Waals surface area (Å²) in [5.41, 5.74) is 4.98. The van der Waals surface area contributed by atoms with Crippen LogP contribution in [0.3, 0.4) is 0 Å². The van der Waals surface area contributed by atoms with Crippen LogP contribution in [0.15, 0.2) is 18.2 Å². The Bertz CT molecular complexity index is 386. The van der Waals surface area contributed by atoms with Gasteiger partial charge in [0.15, 0.2) is 0 Å². The van der Waals surface area contributed by atoms with E-state index in [9.17, 15) is 4.39 Å². The van der Waals surface area contributed by atoms with Crippen LogP contribution in [-0.4, -0.2) is 0 Å². The Labute approximate surface area is 109 Å². The van der Waals surface area contributed by atoms with Crippen LogP contribution in [0.2, 0.25) is 0 Å². The van der Waals surface area contributed by atoms with Gasteiger partial charge in [-0.05, 0) is 42.5 Å². The highest BCUT2D eigenvalue weighted by Gasteiger charge is 2.20. The second kappa shape index (κ2) is 6.30. The van der Waals surface area contributed by atoms with Crippen molar-refractivity contribution in [1.82, 2.24) is 5.43 Å². The van der Waals surface area contributed by atoms with Crippen molar-refractivity contribution in [1.29, 1.82) is 0 Å². The van der Waals surface area contributed by atoms with Crippen LogP contribution in [-0.2, 0) is 0 Å². The first kappa shape index (κ1) is 13.5. The van der Waals surface area contributed by atoms with Crippen LogP contribution >= 0.6 is 0 Å². The number of rotatable bonds is 4. The number of aryl methyl sites for hydroxylation is 1. The Balaban J connectivity index is 2.09. The summed E-state index contributed by atoms with van der Waals surface area (Å²) in [6.07, 6.45) is 7.59. The summed E-state index contributed by atoms with van der Waals surface area (Å²) in [6, 6.07) is 5.02. The summed E-state index contributed by atoms with van der Waals surface area (Å²) in [4.78, 5) is 0. The summed E-state index contributed by atoms with van der Waals surface area (Å²) in [5, 5.41) is 0. The normalized spacial score (nSPS) is 18.8. The molecule has 3 N–H and O–H groups in total. The van der Waals surface area contributed by atoms with Gasteiger partial charge in [0.05, 0.1) is 0 Å². The molecule has 2 rings (SSSR count). The number of benzene rings is 1. The molecule has 0 bridgehead atoms. The molecule has 0 heterocycles. The largest absolute Gasteiger partial charge is 0.271 e. The van der Waals surface area contributed by atoms with Crippen molar-refractivity contribution in [3.8, 4) is 0 Å². The zero-order valence-corrected chi connectivity index (χ0v) is 11.1. The molecule has 1 aromatic carbocycles. The molecule has 18 heavy (non-hydrogen) atoms. The van der Waals surface area contributed by atoms with Crippen molar-refractivity contribution < 1.29 is 4.39 Å². The molecule has 3 heteroatoms. The van der Waals surface area contributed by atoms with E-state index in [1.54, 1.807) is 6.07 Å². The lowest BCUT2D eigenvalue weighted by molar-refractivity contribution is 0.300. The minimum absolute atomic E-state index is 0.0730. The van der Waals surface area contributed by atoms with Crippen molar-refractivity contribution in [2.45, 2.75) is 51.5 Å². The van der Waals surface area contributed by atoms with Gasteiger partial charge >= 0.3 is 0 Å². The molecular weight excluding hydrogens is 227 g/mol. The lowest BCUT2D eigenvalue weighted by Crippen LogP contribution is -2.30. The van der Waals surface area contributed by atoms with E-state index in [4.69, 9.17) is 5.84 Å². The molecule has 2 nitrogen and oxygen atoms in total. The monoisotopic (exact) mass is 250 g/mol. The second-order valence-electron chi connectivity index (χ2n) is 5.46. The predicted molar refractivity (Wildman–Crippen MR) is 72.4 cm³/mol. The molecule has 0 aromatic heterocycles. The first-order valence-corrected chi connectivity index (χ1v) is 6.93. The number of nitrogens with one attached hydrogen (secondary N) is 1. The summed E-state index contributed by atoms with van der Waals surface area (Å²) in [5.74, 6) is 6.21. The highest BCUT2D eigenvalue weighted by molar-refractivity contribution is 5.29. The average molecular weight is 250 g/mol. The third-order valence-electron chi connectivity index (χ3n) is 4.11. The van der Waals surface area contributed by atoms with Crippen LogP contribution in [0.1, 0.15) is 55.7 Å². The third-order valence-corrected chi connectivity index (χ3v) is 4.11. The lowest BCUT2D eigenvalue weighted by atomic mass is 9.83. The predicted octanol–water partition coefficient (Wildman–Crippen LogP) is 3.61. The molecule has 0 aliphatic heterocycles. The molecule has 1 atom stereocenters. The smallest absolute Gasteiger partial charge is 0.123 e. The maximum Gasteiger partial charge on any atom is 0.123 e. The quantitative estimate of drug-likeness (QED) is 0.633. The van der Waals surface area contributed by atoms with E-state index in [2.05, 4.69) is 5.43 Å². The summed E-state index contributed by atoms with van der Waals surface area (Å²) < 4.78 is 13.4. The summed E-state index contributed by atoms with van der Waals surface area (Å²) in [7, 11) is 0. The Morgan fingerprint density at radius 1 is 1.33 bits per heavy atom. The minimum atomic E-state index is -0.181. The van der Waals surface area contributed by atoms with E-state index in [1.807, 2.05) is 13.0 Å². The van der Waals surface area contributed by atoms with Gasteiger partial charge in [0, 0.05) is 6.04 Å². The molecule has 1 fully saturated rings. The van der Waals surface area contributed by atoms with Gasteiger partial charge in [-0.3, -0.25) is 11.3 Å². The maximum atomic E-state index is 13.4. The van der Waals surface area contributed by atoms with Gasteiger partial charge in [0.2, 0.25) is 0 Å². The third kappa shape index (κ3) is 3.30. The highest BCUT2D eigenvalue weighted by Crippen LogP contribution is 2.32. The van der Waals surface area contributed by atoms with E-state index in [0.717, 1.165) is 23.5 Å². The molecule has 100 valence electrons.